The lowest BCUT2D eigenvalue weighted by Crippen LogP contribution is -2.14. The molecule has 92 valence electrons. The summed E-state index contributed by atoms with van der Waals surface area (Å²) < 4.78 is 18.3. The molecule has 1 unspecified atom stereocenters. The Morgan fingerprint density at radius 1 is 1.53 bits per heavy atom. The van der Waals surface area contributed by atoms with Crippen LogP contribution in [-0.2, 0) is 16.0 Å². The number of hydrogen-bond acceptors (Lipinski definition) is 2. The highest BCUT2D eigenvalue weighted by atomic mass is 35.5. The molecule has 0 amide bonds. The number of halogens is 2. The van der Waals surface area contributed by atoms with Crippen LogP contribution in [0.15, 0.2) is 18.2 Å². The molecule has 0 saturated carbocycles. The Balaban J connectivity index is 1.90. The van der Waals surface area contributed by atoms with Gasteiger partial charge >= 0.3 is 0 Å². The molecule has 1 aromatic rings. The summed E-state index contributed by atoms with van der Waals surface area (Å²) in [5.74, 6) is -0.346. The molecule has 0 radical (unpaired) electrons. The van der Waals surface area contributed by atoms with Crippen LogP contribution in [0.1, 0.15) is 24.8 Å². The second kappa shape index (κ2) is 5.61. The van der Waals surface area contributed by atoms with Gasteiger partial charge in [0.1, 0.15) is 11.6 Å². The number of rotatable bonds is 4. The number of ether oxygens (including phenoxy) is 1. The molecule has 0 aliphatic carbocycles. The summed E-state index contributed by atoms with van der Waals surface area (Å²) in [5, 5.41) is 0.0624. The lowest BCUT2D eigenvalue weighted by molar-refractivity contribution is -0.120. The van der Waals surface area contributed by atoms with E-state index in [1.807, 2.05) is 0 Å². The summed E-state index contributed by atoms with van der Waals surface area (Å²) in [7, 11) is 0. The van der Waals surface area contributed by atoms with Crippen molar-refractivity contribution in [3.05, 3.63) is 34.6 Å². The summed E-state index contributed by atoms with van der Waals surface area (Å²) in [6, 6.07) is 4.38. The molecule has 1 fully saturated rings. The van der Waals surface area contributed by atoms with Crippen LogP contribution in [0.5, 0.6) is 0 Å². The number of ketones is 1. The second-order valence-electron chi connectivity index (χ2n) is 4.30. The summed E-state index contributed by atoms with van der Waals surface area (Å²) in [6.45, 7) is 0.750. The van der Waals surface area contributed by atoms with E-state index in [-0.39, 0.29) is 16.9 Å². The van der Waals surface area contributed by atoms with Crippen molar-refractivity contribution in [1.29, 1.82) is 0 Å². The minimum atomic E-state index is -0.456. The predicted octanol–water partition coefficient (Wildman–Crippen LogP) is 3.16. The van der Waals surface area contributed by atoms with Crippen molar-refractivity contribution >= 4 is 17.4 Å². The first-order chi connectivity index (χ1) is 8.15. The molecule has 0 N–H and O–H groups in total. The van der Waals surface area contributed by atoms with E-state index < -0.39 is 5.82 Å². The van der Waals surface area contributed by atoms with E-state index in [0.717, 1.165) is 25.0 Å². The van der Waals surface area contributed by atoms with Crippen molar-refractivity contribution in [2.75, 3.05) is 6.61 Å². The van der Waals surface area contributed by atoms with Crippen LogP contribution in [0, 0.1) is 5.82 Å². The molecule has 1 atom stereocenters. The normalized spacial score (nSPS) is 19.5. The molecule has 1 heterocycles. The predicted molar refractivity (Wildman–Crippen MR) is 63.7 cm³/mol. The van der Waals surface area contributed by atoms with Crippen LogP contribution in [-0.4, -0.2) is 18.5 Å². The van der Waals surface area contributed by atoms with Crippen LogP contribution in [0.2, 0.25) is 5.02 Å². The van der Waals surface area contributed by atoms with E-state index in [1.165, 1.54) is 12.1 Å². The molecule has 17 heavy (non-hydrogen) atoms. The van der Waals surface area contributed by atoms with Crippen LogP contribution < -0.4 is 0 Å². The fourth-order valence-corrected chi connectivity index (χ4v) is 2.21. The Bertz CT molecular complexity index is 414. The molecule has 0 spiro atoms. The lowest BCUT2D eigenvalue weighted by atomic mass is 10.0. The summed E-state index contributed by atoms with van der Waals surface area (Å²) >= 11 is 5.66. The Kier molecular flexibility index (Phi) is 4.13. The maximum absolute atomic E-state index is 12.9. The van der Waals surface area contributed by atoms with E-state index in [2.05, 4.69) is 0 Å². The molecule has 0 bridgehead atoms. The van der Waals surface area contributed by atoms with Crippen molar-refractivity contribution in [1.82, 2.24) is 0 Å². The summed E-state index contributed by atoms with van der Waals surface area (Å²) in [6.07, 6.45) is 2.78. The van der Waals surface area contributed by atoms with Gasteiger partial charge in [0.05, 0.1) is 11.1 Å². The van der Waals surface area contributed by atoms with Gasteiger partial charge in [-0.2, -0.15) is 0 Å². The number of carbonyl (C=O) groups excluding carboxylic acids is 1. The van der Waals surface area contributed by atoms with Crippen molar-refractivity contribution in [3.63, 3.8) is 0 Å². The number of Topliss-reactive ketones (excluding diaryl/α,β-unsaturated/α-hetero) is 1. The van der Waals surface area contributed by atoms with E-state index in [9.17, 15) is 9.18 Å². The van der Waals surface area contributed by atoms with Crippen LogP contribution in [0.4, 0.5) is 4.39 Å². The zero-order valence-electron chi connectivity index (χ0n) is 9.42. The SMILES string of the molecule is O=C(Cc1ccc(F)c(Cl)c1)CC1CCCO1. The number of benzene rings is 1. The molecule has 0 aromatic heterocycles. The standard InChI is InChI=1S/C13H14ClFO2/c14-12-7-9(3-4-13(12)15)6-10(16)8-11-2-1-5-17-11/h3-4,7,11H,1-2,5-6,8H2. The van der Waals surface area contributed by atoms with Crippen molar-refractivity contribution in [2.24, 2.45) is 0 Å². The fourth-order valence-electron chi connectivity index (χ4n) is 2.01. The van der Waals surface area contributed by atoms with Gasteiger partial charge in [-0.05, 0) is 30.5 Å². The molecule has 1 aliphatic heterocycles. The van der Waals surface area contributed by atoms with Gasteiger partial charge in [-0.15, -0.1) is 0 Å². The molecule has 1 aromatic carbocycles. The fraction of sp³-hybridized carbons (Fsp3) is 0.462. The summed E-state index contributed by atoms with van der Waals surface area (Å²) in [4.78, 5) is 11.7. The van der Waals surface area contributed by atoms with Gasteiger partial charge in [0.25, 0.3) is 0 Å². The zero-order chi connectivity index (χ0) is 12.3. The second-order valence-corrected chi connectivity index (χ2v) is 4.71. The maximum atomic E-state index is 12.9. The molecular formula is C13H14ClFO2. The van der Waals surface area contributed by atoms with Gasteiger partial charge in [0, 0.05) is 19.4 Å². The smallest absolute Gasteiger partial charge is 0.141 e. The van der Waals surface area contributed by atoms with E-state index in [1.54, 1.807) is 6.07 Å². The van der Waals surface area contributed by atoms with E-state index in [4.69, 9.17) is 16.3 Å². The Morgan fingerprint density at radius 3 is 3.00 bits per heavy atom. The van der Waals surface area contributed by atoms with Crippen LogP contribution in [0.25, 0.3) is 0 Å². The topological polar surface area (TPSA) is 26.3 Å². The average Bonchev–Trinajstić information content (AvgIpc) is 2.76. The maximum Gasteiger partial charge on any atom is 0.141 e. The van der Waals surface area contributed by atoms with Crippen molar-refractivity contribution < 1.29 is 13.9 Å². The zero-order valence-corrected chi connectivity index (χ0v) is 10.2. The van der Waals surface area contributed by atoms with Gasteiger partial charge in [-0.3, -0.25) is 4.79 Å². The third-order valence-corrected chi connectivity index (χ3v) is 3.15. The highest BCUT2D eigenvalue weighted by Crippen LogP contribution is 2.19. The van der Waals surface area contributed by atoms with Crippen molar-refractivity contribution in [3.8, 4) is 0 Å². The minimum Gasteiger partial charge on any atom is -0.378 e. The Hall–Kier alpha value is -0.930. The highest BCUT2D eigenvalue weighted by Gasteiger charge is 2.19. The Morgan fingerprint density at radius 2 is 2.35 bits per heavy atom. The Labute approximate surface area is 105 Å². The average molecular weight is 257 g/mol. The minimum absolute atomic E-state index is 0.0624. The monoisotopic (exact) mass is 256 g/mol. The molecule has 4 heteroatoms. The van der Waals surface area contributed by atoms with Gasteiger partial charge in [-0.25, -0.2) is 4.39 Å². The number of hydrogen-bond donors (Lipinski definition) is 0. The largest absolute Gasteiger partial charge is 0.378 e. The first kappa shape index (κ1) is 12.5. The molecule has 2 rings (SSSR count). The van der Waals surface area contributed by atoms with E-state index in [0.29, 0.717) is 12.8 Å². The van der Waals surface area contributed by atoms with Crippen LogP contribution in [0.3, 0.4) is 0 Å². The molecule has 2 nitrogen and oxygen atoms in total. The molecular weight excluding hydrogens is 243 g/mol. The third-order valence-electron chi connectivity index (χ3n) is 2.86. The quantitative estimate of drug-likeness (QED) is 0.827. The van der Waals surface area contributed by atoms with Gasteiger partial charge < -0.3 is 4.74 Å². The first-order valence-electron chi connectivity index (χ1n) is 5.72. The first-order valence-corrected chi connectivity index (χ1v) is 6.10. The lowest BCUT2D eigenvalue weighted by Gasteiger charge is -2.08. The molecule has 1 saturated heterocycles. The third kappa shape index (κ3) is 3.51. The van der Waals surface area contributed by atoms with Crippen LogP contribution >= 0.6 is 11.6 Å². The van der Waals surface area contributed by atoms with Gasteiger partial charge in [0.15, 0.2) is 0 Å². The van der Waals surface area contributed by atoms with Crippen molar-refractivity contribution in [2.45, 2.75) is 31.8 Å². The summed E-state index contributed by atoms with van der Waals surface area (Å²) in [5.41, 5.74) is 0.749. The van der Waals surface area contributed by atoms with Gasteiger partial charge in [0.2, 0.25) is 0 Å². The highest BCUT2D eigenvalue weighted by molar-refractivity contribution is 6.30. The van der Waals surface area contributed by atoms with Gasteiger partial charge in [-0.1, -0.05) is 17.7 Å². The number of carbonyl (C=O) groups is 1. The van der Waals surface area contributed by atoms with E-state index >= 15 is 0 Å². The molecule has 1 aliphatic rings.